The maximum atomic E-state index is 14.5. The van der Waals surface area contributed by atoms with Gasteiger partial charge in [0.25, 0.3) is 11.8 Å². The van der Waals surface area contributed by atoms with Gasteiger partial charge in [0.2, 0.25) is 35.3 Å². The van der Waals surface area contributed by atoms with Gasteiger partial charge in [0, 0.05) is 39.6 Å². The predicted octanol–water partition coefficient (Wildman–Crippen LogP) is 2.22. The summed E-state index contributed by atoms with van der Waals surface area (Å²) in [6.45, 7) is 5.85. The molecule has 1 saturated heterocycles. The Labute approximate surface area is 401 Å². The lowest BCUT2D eigenvalue weighted by Crippen LogP contribution is -2.61. The number of benzene rings is 2. The topological polar surface area (TPSA) is 267 Å². The van der Waals surface area contributed by atoms with Gasteiger partial charge in [0.15, 0.2) is 0 Å². The number of amides is 8. The fourth-order valence-corrected chi connectivity index (χ4v) is 8.33. The van der Waals surface area contributed by atoms with E-state index in [0.29, 0.717) is 24.8 Å². The number of nitrogens with one attached hydrogen (secondary N) is 6. The number of hydrogen-bond donors (Lipinski definition) is 6. The van der Waals surface area contributed by atoms with Crippen molar-refractivity contribution in [2.75, 3.05) is 33.7 Å². The summed E-state index contributed by atoms with van der Waals surface area (Å²) in [6, 6.07) is 11.0. The lowest BCUT2D eigenvalue weighted by atomic mass is 9.82. The van der Waals surface area contributed by atoms with E-state index in [1.807, 2.05) is 0 Å². The second kappa shape index (κ2) is 24.7. The summed E-state index contributed by atoms with van der Waals surface area (Å²) in [5.41, 5.74) is -0.384. The van der Waals surface area contributed by atoms with Crippen LogP contribution in [0.3, 0.4) is 0 Å². The number of likely N-dealkylation sites (N-methyl/N-ethyl adjacent to an activating group) is 1. The van der Waals surface area contributed by atoms with Crippen molar-refractivity contribution in [1.82, 2.24) is 51.7 Å². The molecule has 0 bridgehead atoms. The van der Waals surface area contributed by atoms with Gasteiger partial charge in [0.05, 0.1) is 30.7 Å². The summed E-state index contributed by atoms with van der Waals surface area (Å²) in [4.78, 5) is 133. The summed E-state index contributed by atoms with van der Waals surface area (Å²) in [5, 5.41) is 16.1. The SMILES string of the molecule is CCCC(NC(=O)[C@@H]1CN(C(=O)Oc2ccccc2)C[C@@H]1NC(=O)C(NC(=O)[C@@H](NC(=O)c1cnccn1)C1CCCCC1)C(C)(C)C)C(=O)C(=O)NCC(=O)N[C@H](C(=O)N(C)C)c1ccccc1. The molecule has 2 aromatic carbocycles. The van der Waals surface area contributed by atoms with E-state index in [2.05, 4.69) is 41.9 Å². The Morgan fingerprint density at radius 2 is 1.48 bits per heavy atom. The fourth-order valence-electron chi connectivity index (χ4n) is 8.33. The normalized spacial score (nSPS) is 17.7. The van der Waals surface area contributed by atoms with Crippen LogP contribution < -0.4 is 36.6 Å². The molecule has 1 saturated carbocycles. The molecule has 5 rings (SSSR count). The van der Waals surface area contributed by atoms with Gasteiger partial charge in [-0.05, 0) is 48.3 Å². The number of ketones is 1. The number of nitrogens with zero attached hydrogens (tertiary/aromatic N) is 4. The van der Waals surface area contributed by atoms with Crippen LogP contribution in [0.4, 0.5) is 4.79 Å². The average Bonchev–Trinajstić information content (AvgIpc) is 3.77. The molecule has 2 heterocycles. The highest BCUT2D eigenvalue weighted by atomic mass is 16.6. The van der Waals surface area contributed by atoms with E-state index in [-0.39, 0.29) is 36.9 Å². The summed E-state index contributed by atoms with van der Waals surface area (Å²) in [5.74, 6) is -7.16. The molecule has 20 nitrogen and oxygen atoms in total. The van der Waals surface area contributed by atoms with Crippen molar-refractivity contribution < 1.29 is 47.9 Å². The highest BCUT2D eigenvalue weighted by Crippen LogP contribution is 2.29. The average molecular weight is 953 g/mol. The molecular formula is C49H64N10O10. The van der Waals surface area contributed by atoms with Crippen LogP contribution in [0, 0.1) is 17.3 Å². The van der Waals surface area contributed by atoms with Gasteiger partial charge < -0.3 is 46.4 Å². The molecular weight excluding hydrogens is 889 g/mol. The van der Waals surface area contributed by atoms with Gasteiger partial charge in [-0.15, -0.1) is 0 Å². The Morgan fingerprint density at radius 3 is 2.09 bits per heavy atom. The molecule has 1 aromatic heterocycles. The second-order valence-electron chi connectivity index (χ2n) is 18.6. The van der Waals surface area contributed by atoms with Crippen LogP contribution >= 0.6 is 0 Å². The molecule has 6 atom stereocenters. The molecule has 370 valence electrons. The van der Waals surface area contributed by atoms with Crippen LogP contribution in [-0.4, -0.2) is 131 Å². The lowest BCUT2D eigenvalue weighted by Gasteiger charge is -2.35. The van der Waals surface area contributed by atoms with Crippen LogP contribution in [0.2, 0.25) is 0 Å². The van der Waals surface area contributed by atoms with Crippen molar-refractivity contribution in [3.05, 3.63) is 90.5 Å². The highest BCUT2D eigenvalue weighted by molar-refractivity contribution is 6.38. The van der Waals surface area contributed by atoms with E-state index in [9.17, 15) is 43.2 Å². The minimum atomic E-state index is -1.37. The van der Waals surface area contributed by atoms with Gasteiger partial charge in [-0.3, -0.25) is 43.3 Å². The van der Waals surface area contributed by atoms with Crippen LogP contribution in [0.15, 0.2) is 79.3 Å². The van der Waals surface area contributed by atoms with Crippen molar-refractivity contribution >= 4 is 53.2 Å². The summed E-state index contributed by atoms with van der Waals surface area (Å²) in [7, 11) is 3.07. The molecule has 6 N–H and O–H groups in total. The summed E-state index contributed by atoms with van der Waals surface area (Å²) in [6.07, 6.45) is 7.69. The number of Topliss-reactive ketones (excluding diaryl/α,β-unsaturated/α-hetero) is 1. The van der Waals surface area contributed by atoms with Gasteiger partial charge in [-0.2, -0.15) is 0 Å². The summed E-state index contributed by atoms with van der Waals surface area (Å²) < 4.78 is 5.57. The Kier molecular flexibility index (Phi) is 18.9. The summed E-state index contributed by atoms with van der Waals surface area (Å²) >= 11 is 0. The Hall–Kier alpha value is -7.25. The van der Waals surface area contributed by atoms with Crippen molar-refractivity contribution in [2.45, 2.75) is 103 Å². The van der Waals surface area contributed by atoms with Crippen molar-refractivity contribution in [3.8, 4) is 5.75 Å². The van der Waals surface area contributed by atoms with E-state index < -0.39 is 101 Å². The van der Waals surface area contributed by atoms with E-state index in [0.717, 1.165) is 19.3 Å². The molecule has 2 fully saturated rings. The van der Waals surface area contributed by atoms with E-state index in [1.165, 1.54) is 42.5 Å². The Balaban J connectivity index is 1.32. The van der Waals surface area contributed by atoms with Gasteiger partial charge in [0.1, 0.15) is 29.6 Å². The maximum Gasteiger partial charge on any atom is 0.415 e. The zero-order valence-electron chi connectivity index (χ0n) is 40.0. The monoisotopic (exact) mass is 952 g/mol. The van der Waals surface area contributed by atoms with Crippen LogP contribution in [0.25, 0.3) is 0 Å². The first-order valence-electron chi connectivity index (χ1n) is 23.2. The number of aromatic nitrogens is 2. The predicted molar refractivity (Wildman–Crippen MR) is 252 cm³/mol. The molecule has 1 aliphatic carbocycles. The standard InChI is InChI=1S/C49H64N10O10/c1-7-17-34(40(61)45(65)52-27-37(60)55-39(47(67)58(5)6)31-20-13-9-14-21-31)53-42(62)33-28-59(48(68)69-32-22-15-10-16-23-32)29-36(33)54-46(66)41(49(2,3)4)57-44(64)38(30-18-11-8-12-19-30)56-43(63)35-26-50-24-25-51-35/h9-10,13-16,20-26,30,33-34,36,38-39,41H,7-8,11-12,17-19,27-29H2,1-6H3,(H,52,65)(H,53,62)(H,54,66)(H,55,60)(H,56,63)(H,57,64)/t33-,34?,36+,38+,39+,41?/m1/s1. The van der Waals surface area contributed by atoms with E-state index in [4.69, 9.17) is 4.74 Å². The molecule has 3 aromatic rings. The number of carbonyl (C=O) groups excluding carboxylic acids is 9. The number of likely N-dealkylation sites (tertiary alicyclic amines) is 1. The molecule has 1 aliphatic heterocycles. The third-order valence-electron chi connectivity index (χ3n) is 12.1. The fraction of sp³-hybridized carbons (Fsp3) is 0.490. The third kappa shape index (κ3) is 14.9. The molecule has 69 heavy (non-hydrogen) atoms. The molecule has 8 amide bonds. The molecule has 20 heteroatoms. The molecule has 0 radical (unpaired) electrons. The first-order valence-corrected chi connectivity index (χ1v) is 23.2. The molecule has 2 unspecified atom stereocenters. The smallest absolute Gasteiger partial charge is 0.410 e. The minimum absolute atomic E-state index is 0.0226. The largest absolute Gasteiger partial charge is 0.415 e. The van der Waals surface area contributed by atoms with Gasteiger partial charge in [-0.25, -0.2) is 9.78 Å². The third-order valence-corrected chi connectivity index (χ3v) is 12.1. The molecule has 2 aliphatic rings. The molecule has 0 spiro atoms. The number of ether oxygens (including phenoxy) is 1. The maximum absolute atomic E-state index is 14.5. The zero-order valence-corrected chi connectivity index (χ0v) is 40.0. The Bertz CT molecular complexity index is 2290. The van der Waals surface area contributed by atoms with Crippen molar-refractivity contribution in [1.29, 1.82) is 0 Å². The lowest BCUT2D eigenvalue weighted by molar-refractivity contribution is -0.141. The van der Waals surface area contributed by atoms with E-state index in [1.54, 1.807) is 88.4 Å². The quantitative estimate of drug-likeness (QED) is 0.0946. The van der Waals surface area contributed by atoms with Crippen LogP contribution in [0.1, 0.15) is 94.7 Å². The first-order chi connectivity index (χ1) is 32.9. The van der Waals surface area contributed by atoms with Crippen molar-refractivity contribution in [3.63, 3.8) is 0 Å². The zero-order chi connectivity index (χ0) is 50.3. The second-order valence-corrected chi connectivity index (χ2v) is 18.6. The minimum Gasteiger partial charge on any atom is -0.410 e. The number of carbonyl (C=O) groups is 9. The number of rotatable bonds is 19. The number of para-hydroxylation sites is 1. The van der Waals surface area contributed by atoms with Crippen molar-refractivity contribution in [2.24, 2.45) is 17.3 Å². The van der Waals surface area contributed by atoms with Crippen LogP contribution in [-0.2, 0) is 33.6 Å². The van der Waals surface area contributed by atoms with Crippen LogP contribution in [0.5, 0.6) is 5.75 Å². The van der Waals surface area contributed by atoms with E-state index >= 15 is 0 Å². The van der Waals surface area contributed by atoms with Gasteiger partial charge in [-0.1, -0.05) is 102 Å². The Morgan fingerprint density at radius 1 is 0.812 bits per heavy atom. The first kappa shape index (κ1) is 52.7. The van der Waals surface area contributed by atoms with Gasteiger partial charge >= 0.3 is 6.09 Å². The highest BCUT2D eigenvalue weighted by Gasteiger charge is 2.45. The number of hydrogen-bond acceptors (Lipinski definition) is 12.